The first-order chi connectivity index (χ1) is 8.26. The number of unbranched alkanes of at least 4 members (excludes halogenated alkanes) is 2. The number of hydrogen-bond donors (Lipinski definition) is 2. The van der Waals surface area contributed by atoms with E-state index < -0.39 is 0 Å². The molecule has 0 unspecified atom stereocenters. The lowest BCUT2D eigenvalue weighted by Crippen LogP contribution is -2.37. The van der Waals surface area contributed by atoms with Crippen LogP contribution < -0.4 is 10.6 Å². The summed E-state index contributed by atoms with van der Waals surface area (Å²) in [6.45, 7) is 5.40. The van der Waals surface area contributed by atoms with E-state index in [-0.39, 0.29) is 0 Å². The van der Waals surface area contributed by atoms with Crippen LogP contribution in [-0.4, -0.2) is 29.7 Å². The SMILES string of the molecule is CCCCCNC(=NC)NCc1nc(C)no1. The minimum atomic E-state index is 0.494. The number of nitrogens with one attached hydrogen (secondary N) is 2. The zero-order valence-corrected chi connectivity index (χ0v) is 10.8. The number of guanidine groups is 1. The van der Waals surface area contributed by atoms with Gasteiger partial charge in [0.2, 0.25) is 5.89 Å². The number of aliphatic imine (C=N–C) groups is 1. The van der Waals surface area contributed by atoms with Crippen LogP contribution in [0.5, 0.6) is 0 Å². The topological polar surface area (TPSA) is 75.3 Å². The maximum atomic E-state index is 5.00. The monoisotopic (exact) mass is 239 g/mol. The highest BCUT2D eigenvalue weighted by molar-refractivity contribution is 5.79. The van der Waals surface area contributed by atoms with Crippen LogP contribution in [0.15, 0.2) is 9.52 Å². The highest BCUT2D eigenvalue weighted by atomic mass is 16.5. The van der Waals surface area contributed by atoms with Gasteiger partial charge in [0.25, 0.3) is 0 Å². The molecule has 1 aromatic heterocycles. The Bertz CT molecular complexity index is 347. The van der Waals surface area contributed by atoms with Gasteiger partial charge in [0.05, 0.1) is 6.54 Å². The Balaban J connectivity index is 2.23. The zero-order chi connectivity index (χ0) is 12.5. The lowest BCUT2D eigenvalue weighted by atomic mass is 10.2. The van der Waals surface area contributed by atoms with Crippen LogP contribution in [0.4, 0.5) is 0 Å². The second kappa shape index (κ2) is 7.65. The van der Waals surface area contributed by atoms with Crippen molar-refractivity contribution in [2.75, 3.05) is 13.6 Å². The smallest absolute Gasteiger partial charge is 0.246 e. The Morgan fingerprint density at radius 2 is 2.18 bits per heavy atom. The first-order valence-electron chi connectivity index (χ1n) is 6.00. The van der Waals surface area contributed by atoms with Gasteiger partial charge in [-0.05, 0) is 13.3 Å². The van der Waals surface area contributed by atoms with Crippen molar-refractivity contribution in [2.24, 2.45) is 4.99 Å². The minimum Gasteiger partial charge on any atom is -0.356 e. The summed E-state index contributed by atoms with van der Waals surface area (Å²) in [6, 6.07) is 0. The first kappa shape index (κ1) is 13.5. The molecule has 96 valence electrons. The van der Waals surface area contributed by atoms with Gasteiger partial charge in [0, 0.05) is 13.6 Å². The van der Waals surface area contributed by atoms with E-state index in [9.17, 15) is 0 Å². The second-order valence-electron chi connectivity index (χ2n) is 3.79. The Kier molecular flexibility index (Phi) is 6.06. The molecule has 0 saturated heterocycles. The number of aromatic nitrogens is 2. The second-order valence-corrected chi connectivity index (χ2v) is 3.79. The van der Waals surface area contributed by atoms with Gasteiger partial charge in [-0.3, -0.25) is 4.99 Å². The standard InChI is InChI=1S/C11H21N5O/c1-4-5-6-7-13-11(12-3)14-8-10-15-9(2)16-17-10/h4-8H2,1-3H3,(H2,12,13,14). The van der Waals surface area contributed by atoms with Crippen LogP contribution in [0, 0.1) is 6.92 Å². The molecule has 0 fully saturated rings. The van der Waals surface area contributed by atoms with Crippen molar-refractivity contribution in [1.29, 1.82) is 0 Å². The molecule has 0 aliphatic carbocycles. The number of rotatable bonds is 6. The Labute approximate surface area is 102 Å². The van der Waals surface area contributed by atoms with E-state index in [1.165, 1.54) is 12.8 Å². The number of nitrogens with zero attached hydrogens (tertiary/aromatic N) is 3. The van der Waals surface area contributed by atoms with E-state index in [4.69, 9.17) is 4.52 Å². The quantitative estimate of drug-likeness (QED) is 0.443. The molecule has 0 aliphatic rings. The lowest BCUT2D eigenvalue weighted by Gasteiger charge is -2.09. The summed E-state index contributed by atoms with van der Waals surface area (Å²) in [5, 5.41) is 10.1. The van der Waals surface area contributed by atoms with Crippen LogP contribution in [-0.2, 0) is 6.54 Å². The largest absolute Gasteiger partial charge is 0.356 e. The molecule has 0 saturated carbocycles. The molecule has 6 nitrogen and oxygen atoms in total. The Morgan fingerprint density at radius 3 is 2.76 bits per heavy atom. The summed E-state index contributed by atoms with van der Waals surface area (Å²) in [5.41, 5.74) is 0. The van der Waals surface area contributed by atoms with Crippen LogP contribution in [0.25, 0.3) is 0 Å². The maximum Gasteiger partial charge on any atom is 0.246 e. The maximum absolute atomic E-state index is 5.00. The van der Waals surface area contributed by atoms with Gasteiger partial charge in [0.1, 0.15) is 0 Å². The van der Waals surface area contributed by atoms with Crippen LogP contribution in [0.2, 0.25) is 0 Å². The van der Waals surface area contributed by atoms with Crippen molar-refractivity contribution in [3.8, 4) is 0 Å². The molecular formula is C11H21N5O. The summed E-state index contributed by atoms with van der Waals surface area (Å²) < 4.78 is 5.00. The van der Waals surface area contributed by atoms with Crippen molar-refractivity contribution < 1.29 is 4.52 Å². The van der Waals surface area contributed by atoms with Crippen molar-refractivity contribution in [2.45, 2.75) is 39.7 Å². The van der Waals surface area contributed by atoms with Crippen molar-refractivity contribution in [1.82, 2.24) is 20.8 Å². The third-order valence-electron chi connectivity index (χ3n) is 2.27. The third kappa shape index (κ3) is 5.33. The molecule has 2 N–H and O–H groups in total. The van der Waals surface area contributed by atoms with Crippen LogP contribution in [0.3, 0.4) is 0 Å². The normalized spacial score (nSPS) is 11.6. The molecule has 1 aromatic rings. The third-order valence-corrected chi connectivity index (χ3v) is 2.27. The fourth-order valence-electron chi connectivity index (χ4n) is 1.37. The fraction of sp³-hybridized carbons (Fsp3) is 0.727. The van der Waals surface area contributed by atoms with Gasteiger partial charge in [0.15, 0.2) is 11.8 Å². The number of aryl methyl sites for hydroxylation is 1. The molecule has 1 rings (SSSR count). The Hall–Kier alpha value is -1.59. The van der Waals surface area contributed by atoms with Gasteiger partial charge >= 0.3 is 0 Å². The molecule has 0 aromatic carbocycles. The molecule has 0 spiro atoms. The first-order valence-corrected chi connectivity index (χ1v) is 6.00. The van der Waals surface area contributed by atoms with Gasteiger partial charge in [-0.15, -0.1) is 0 Å². The van der Waals surface area contributed by atoms with Crippen molar-refractivity contribution >= 4 is 5.96 Å². The van der Waals surface area contributed by atoms with E-state index in [0.717, 1.165) is 18.9 Å². The zero-order valence-electron chi connectivity index (χ0n) is 10.8. The average molecular weight is 239 g/mol. The van der Waals surface area contributed by atoms with E-state index in [0.29, 0.717) is 18.3 Å². The van der Waals surface area contributed by atoms with Gasteiger partial charge in [-0.2, -0.15) is 4.98 Å². The molecule has 17 heavy (non-hydrogen) atoms. The van der Waals surface area contributed by atoms with Gasteiger partial charge < -0.3 is 15.2 Å². The average Bonchev–Trinajstić information content (AvgIpc) is 2.74. The van der Waals surface area contributed by atoms with E-state index >= 15 is 0 Å². The summed E-state index contributed by atoms with van der Waals surface area (Å²) in [6.07, 6.45) is 3.60. The summed E-state index contributed by atoms with van der Waals surface area (Å²) in [5.74, 6) is 1.98. The van der Waals surface area contributed by atoms with Crippen LogP contribution >= 0.6 is 0 Å². The molecule has 0 atom stereocenters. The van der Waals surface area contributed by atoms with E-state index in [1.807, 2.05) is 0 Å². The molecule has 6 heteroatoms. The predicted octanol–water partition coefficient (Wildman–Crippen LogP) is 1.23. The van der Waals surface area contributed by atoms with Crippen molar-refractivity contribution in [3.63, 3.8) is 0 Å². The molecule has 0 aliphatic heterocycles. The summed E-state index contributed by atoms with van der Waals surface area (Å²) in [7, 11) is 1.74. The fourth-order valence-corrected chi connectivity index (χ4v) is 1.37. The van der Waals surface area contributed by atoms with Crippen molar-refractivity contribution in [3.05, 3.63) is 11.7 Å². The molecule has 1 heterocycles. The van der Waals surface area contributed by atoms with Gasteiger partial charge in [-0.1, -0.05) is 24.9 Å². The molecular weight excluding hydrogens is 218 g/mol. The molecule has 0 bridgehead atoms. The number of hydrogen-bond acceptors (Lipinski definition) is 4. The highest BCUT2D eigenvalue weighted by Crippen LogP contribution is 1.94. The van der Waals surface area contributed by atoms with Gasteiger partial charge in [-0.25, -0.2) is 0 Å². The minimum absolute atomic E-state index is 0.494. The molecule has 0 amide bonds. The summed E-state index contributed by atoms with van der Waals surface area (Å²) in [4.78, 5) is 8.22. The van der Waals surface area contributed by atoms with Crippen LogP contribution in [0.1, 0.15) is 37.9 Å². The van der Waals surface area contributed by atoms with E-state index in [1.54, 1.807) is 14.0 Å². The molecule has 0 radical (unpaired) electrons. The lowest BCUT2D eigenvalue weighted by molar-refractivity contribution is 0.371. The summed E-state index contributed by atoms with van der Waals surface area (Å²) >= 11 is 0. The predicted molar refractivity (Wildman–Crippen MR) is 66.8 cm³/mol. The Morgan fingerprint density at radius 1 is 1.35 bits per heavy atom. The van der Waals surface area contributed by atoms with E-state index in [2.05, 4.69) is 32.7 Å². The highest BCUT2D eigenvalue weighted by Gasteiger charge is 2.03.